The smallest absolute Gasteiger partial charge is 0.214 e. The average molecular weight is 291 g/mol. The van der Waals surface area contributed by atoms with Crippen molar-refractivity contribution in [1.82, 2.24) is 25.5 Å². The zero-order valence-corrected chi connectivity index (χ0v) is 12.8. The Labute approximate surface area is 124 Å². The Morgan fingerprint density at radius 2 is 2.05 bits per heavy atom. The van der Waals surface area contributed by atoms with Crippen molar-refractivity contribution in [3.63, 3.8) is 0 Å². The summed E-state index contributed by atoms with van der Waals surface area (Å²) in [6.45, 7) is 5.35. The molecule has 1 unspecified atom stereocenters. The summed E-state index contributed by atoms with van der Waals surface area (Å²) < 4.78 is 1.79. The van der Waals surface area contributed by atoms with Gasteiger partial charge in [0.15, 0.2) is 0 Å². The summed E-state index contributed by atoms with van der Waals surface area (Å²) in [4.78, 5) is 0. The van der Waals surface area contributed by atoms with Crippen molar-refractivity contribution >= 4 is 11.8 Å². The molecule has 0 spiro atoms. The maximum absolute atomic E-state index is 4.12. The van der Waals surface area contributed by atoms with E-state index in [4.69, 9.17) is 0 Å². The third kappa shape index (κ3) is 4.05. The molecule has 2 aromatic rings. The molecule has 0 saturated carbocycles. The van der Waals surface area contributed by atoms with Crippen LogP contribution >= 0.6 is 11.8 Å². The van der Waals surface area contributed by atoms with Crippen molar-refractivity contribution in [3.8, 4) is 5.69 Å². The molecular weight excluding hydrogens is 270 g/mol. The largest absolute Gasteiger partial charge is 0.313 e. The standard InChI is InChI=1S/C14H21N5S/c1-3-8-12(15-4-2)11-20-14-16-17-18-19(14)13-9-6-5-7-10-13/h5-7,9-10,12,15H,3-4,8,11H2,1-2H3. The minimum absolute atomic E-state index is 0.510. The van der Waals surface area contributed by atoms with Gasteiger partial charge in [0.1, 0.15) is 0 Å². The van der Waals surface area contributed by atoms with Crippen molar-refractivity contribution in [2.75, 3.05) is 12.3 Å². The minimum atomic E-state index is 0.510. The molecule has 1 N–H and O–H groups in total. The number of para-hydroxylation sites is 1. The summed E-state index contributed by atoms with van der Waals surface area (Å²) >= 11 is 1.70. The number of nitrogens with zero attached hydrogens (tertiary/aromatic N) is 4. The topological polar surface area (TPSA) is 55.6 Å². The first-order chi connectivity index (χ1) is 9.85. The van der Waals surface area contributed by atoms with Gasteiger partial charge < -0.3 is 5.32 Å². The van der Waals surface area contributed by atoms with E-state index in [0.29, 0.717) is 6.04 Å². The van der Waals surface area contributed by atoms with Crippen LogP contribution in [0.4, 0.5) is 0 Å². The fraction of sp³-hybridized carbons (Fsp3) is 0.500. The number of hydrogen-bond acceptors (Lipinski definition) is 5. The van der Waals surface area contributed by atoms with Crippen LogP contribution in [0.15, 0.2) is 35.5 Å². The second kappa shape index (κ2) is 8.01. The lowest BCUT2D eigenvalue weighted by Crippen LogP contribution is -2.31. The number of nitrogens with one attached hydrogen (secondary N) is 1. The fourth-order valence-electron chi connectivity index (χ4n) is 2.06. The van der Waals surface area contributed by atoms with Crippen LogP contribution in [0.25, 0.3) is 5.69 Å². The maximum atomic E-state index is 4.12. The second-order valence-corrected chi connectivity index (χ2v) is 5.55. The van der Waals surface area contributed by atoms with E-state index in [9.17, 15) is 0 Å². The Hall–Kier alpha value is -1.40. The van der Waals surface area contributed by atoms with Crippen molar-refractivity contribution in [2.24, 2.45) is 0 Å². The van der Waals surface area contributed by atoms with E-state index in [1.54, 1.807) is 16.4 Å². The third-order valence-electron chi connectivity index (χ3n) is 2.99. The maximum Gasteiger partial charge on any atom is 0.214 e. The molecule has 20 heavy (non-hydrogen) atoms. The Bertz CT molecular complexity index is 493. The summed E-state index contributed by atoms with van der Waals surface area (Å²) in [5.41, 5.74) is 0.996. The van der Waals surface area contributed by atoms with E-state index in [1.165, 1.54) is 12.8 Å². The number of tetrazole rings is 1. The number of rotatable bonds is 8. The van der Waals surface area contributed by atoms with Crippen molar-refractivity contribution < 1.29 is 0 Å². The molecule has 0 aliphatic heterocycles. The SMILES string of the molecule is CCCC(CSc1nnnn1-c1ccccc1)NCC. The summed E-state index contributed by atoms with van der Waals surface area (Å²) in [6, 6.07) is 10.5. The van der Waals surface area contributed by atoms with E-state index in [0.717, 1.165) is 23.1 Å². The monoisotopic (exact) mass is 291 g/mol. The highest BCUT2D eigenvalue weighted by atomic mass is 32.2. The molecule has 0 radical (unpaired) electrons. The van der Waals surface area contributed by atoms with Crippen LogP contribution in [-0.2, 0) is 0 Å². The molecule has 2 rings (SSSR count). The Kier molecular flexibility index (Phi) is 6.01. The van der Waals surface area contributed by atoms with Gasteiger partial charge in [-0.2, -0.15) is 4.68 Å². The van der Waals surface area contributed by atoms with Crippen LogP contribution in [0, 0.1) is 0 Å². The van der Waals surface area contributed by atoms with Crippen molar-refractivity contribution in [2.45, 2.75) is 37.9 Å². The predicted molar refractivity (Wildman–Crippen MR) is 82.3 cm³/mol. The number of aromatic nitrogens is 4. The lowest BCUT2D eigenvalue weighted by atomic mass is 10.2. The Balaban J connectivity index is 2.02. The predicted octanol–water partition coefficient (Wildman–Crippen LogP) is 2.53. The number of thioether (sulfide) groups is 1. The lowest BCUT2D eigenvalue weighted by Gasteiger charge is -2.16. The Morgan fingerprint density at radius 1 is 1.25 bits per heavy atom. The number of benzene rings is 1. The quantitative estimate of drug-likeness (QED) is 0.757. The molecular formula is C14H21N5S. The summed E-state index contributed by atoms with van der Waals surface area (Å²) in [6.07, 6.45) is 2.36. The van der Waals surface area contributed by atoms with Crippen LogP contribution in [0.5, 0.6) is 0 Å². The molecule has 0 aliphatic rings. The van der Waals surface area contributed by atoms with E-state index in [2.05, 4.69) is 34.7 Å². The van der Waals surface area contributed by atoms with Gasteiger partial charge in [-0.1, -0.05) is 50.2 Å². The van der Waals surface area contributed by atoms with E-state index in [-0.39, 0.29) is 0 Å². The first-order valence-electron chi connectivity index (χ1n) is 7.05. The zero-order valence-electron chi connectivity index (χ0n) is 12.0. The van der Waals surface area contributed by atoms with Crippen LogP contribution in [0.2, 0.25) is 0 Å². The van der Waals surface area contributed by atoms with Gasteiger partial charge in [-0.15, -0.1) is 5.10 Å². The van der Waals surface area contributed by atoms with Gasteiger partial charge in [0.05, 0.1) is 5.69 Å². The first kappa shape index (κ1) is 15.0. The molecule has 108 valence electrons. The highest BCUT2D eigenvalue weighted by Gasteiger charge is 2.12. The van der Waals surface area contributed by atoms with Crippen LogP contribution in [0.1, 0.15) is 26.7 Å². The van der Waals surface area contributed by atoms with Gasteiger partial charge in [0.25, 0.3) is 0 Å². The van der Waals surface area contributed by atoms with Gasteiger partial charge in [0, 0.05) is 11.8 Å². The summed E-state index contributed by atoms with van der Waals surface area (Å²) in [5, 5.41) is 16.3. The zero-order chi connectivity index (χ0) is 14.2. The molecule has 0 saturated heterocycles. The lowest BCUT2D eigenvalue weighted by molar-refractivity contribution is 0.530. The van der Waals surface area contributed by atoms with E-state index < -0.39 is 0 Å². The molecule has 1 aromatic heterocycles. The van der Waals surface area contributed by atoms with Crippen LogP contribution in [-0.4, -0.2) is 38.5 Å². The van der Waals surface area contributed by atoms with Crippen LogP contribution < -0.4 is 5.32 Å². The molecule has 6 heteroatoms. The van der Waals surface area contributed by atoms with Gasteiger partial charge in [-0.3, -0.25) is 0 Å². The molecule has 0 fully saturated rings. The highest BCUT2D eigenvalue weighted by Crippen LogP contribution is 2.19. The molecule has 0 bridgehead atoms. The molecule has 1 atom stereocenters. The van der Waals surface area contributed by atoms with Crippen molar-refractivity contribution in [3.05, 3.63) is 30.3 Å². The third-order valence-corrected chi connectivity index (χ3v) is 4.07. The molecule has 1 aromatic carbocycles. The van der Waals surface area contributed by atoms with E-state index in [1.807, 2.05) is 30.3 Å². The van der Waals surface area contributed by atoms with Gasteiger partial charge in [-0.25, -0.2) is 0 Å². The summed E-state index contributed by atoms with van der Waals surface area (Å²) in [7, 11) is 0. The van der Waals surface area contributed by atoms with E-state index >= 15 is 0 Å². The second-order valence-electron chi connectivity index (χ2n) is 4.56. The molecule has 5 nitrogen and oxygen atoms in total. The van der Waals surface area contributed by atoms with Crippen LogP contribution in [0.3, 0.4) is 0 Å². The van der Waals surface area contributed by atoms with Crippen molar-refractivity contribution in [1.29, 1.82) is 0 Å². The highest BCUT2D eigenvalue weighted by molar-refractivity contribution is 7.99. The molecule has 0 aliphatic carbocycles. The number of hydrogen-bond donors (Lipinski definition) is 1. The normalized spacial score (nSPS) is 12.5. The van der Waals surface area contributed by atoms with Gasteiger partial charge >= 0.3 is 0 Å². The van der Waals surface area contributed by atoms with Gasteiger partial charge in [0.2, 0.25) is 5.16 Å². The van der Waals surface area contributed by atoms with Gasteiger partial charge in [-0.05, 0) is 35.5 Å². The Morgan fingerprint density at radius 3 is 2.75 bits per heavy atom. The first-order valence-corrected chi connectivity index (χ1v) is 8.03. The minimum Gasteiger partial charge on any atom is -0.313 e. The molecule has 0 amide bonds. The summed E-state index contributed by atoms with van der Waals surface area (Å²) in [5.74, 6) is 0.981. The average Bonchev–Trinajstić information content (AvgIpc) is 2.94. The fourth-order valence-corrected chi connectivity index (χ4v) is 3.05. The molecule has 1 heterocycles.